The molecule has 5 N–H and O–H groups in total. The molecule has 214 valence electrons. The van der Waals surface area contributed by atoms with Gasteiger partial charge in [-0.25, -0.2) is 9.37 Å². The summed E-state index contributed by atoms with van der Waals surface area (Å²) in [5.74, 6) is -1.64. The number of aliphatic hydroxyl groups excluding tert-OH is 2. The smallest absolute Gasteiger partial charge is 0.388 e. The van der Waals surface area contributed by atoms with Gasteiger partial charge in [-0.2, -0.15) is 13.2 Å². The molecule has 15 heteroatoms. The molecule has 0 aromatic carbocycles. The minimum Gasteiger partial charge on any atom is -0.388 e. The van der Waals surface area contributed by atoms with E-state index in [1.807, 2.05) is 0 Å². The van der Waals surface area contributed by atoms with Gasteiger partial charge < -0.3 is 34.5 Å². The Kier molecular flexibility index (Phi) is 8.55. The number of pyridine rings is 2. The van der Waals surface area contributed by atoms with E-state index in [2.05, 4.69) is 9.97 Å². The summed E-state index contributed by atoms with van der Waals surface area (Å²) in [6.45, 7) is 6.77. The van der Waals surface area contributed by atoms with Crippen molar-refractivity contribution in [3.63, 3.8) is 0 Å². The number of halogens is 4. The molecule has 0 aromatic rings. The average molecular weight is 587 g/mol. The van der Waals surface area contributed by atoms with Crippen molar-refractivity contribution in [2.75, 3.05) is 0 Å². The number of nitrogens with one attached hydrogen (secondary N) is 1. The predicted molar refractivity (Wildman–Crippen MR) is 131 cm³/mol. The zero-order valence-electron chi connectivity index (χ0n) is 21.3. The summed E-state index contributed by atoms with van der Waals surface area (Å²) in [6, 6.07) is 1.11. The van der Waals surface area contributed by atoms with Crippen LogP contribution in [-0.4, -0.2) is 59.4 Å². The van der Waals surface area contributed by atoms with E-state index >= 15 is 0 Å². The zero-order valence-corrected chi connectivity index (χ0v) is 23.0. The van der Waals surface area contributed by atoms with Gasteiger partial charge in [0.25, 0.3) is 0 Å². The first-order chi connectivity index (χ1) is 17.3. The first-order valence-corrected chi connectivity index (χ1v) is 13.8. The Labute approximate surface area is 221 Å². The van der Waals surface area contributed by atoms with Gasteiger partial charge in [0.15, 0.2) is 5.34 Å². The van der Waals surface area contributed by atoms with E-state index in [0.29, 0.717) is 0 Å². The van der Waals surface area contributed by atoms with Gasteiger partial charge in [-0.3, -0.25) is 4.57 Å². The zero-order chi connectivity index (χ0) is 29.0. The van der Waals surface area contributed by atoms with Gasteiger partial charge in [0.1, 0.15) is 40.3 Å². The maximum absolute atomic E-state index is 15.0. The molecule has 0 bridgehead atoms. The van der Waals surface area contributed by atoms with Crippen LogP contribution in [0.25, 0.3) is 11.4 Å². The number of nitrogens with zero attached hydrogens (tertiary/aromatic N) is 1. The number of H-pyrrole nitrogens is 1. The fraction of sp³-hybridized carbons (Fsp3) is 0.652. The summed E-state index contributed by atoms with van der Waals surface area (Å²) in [7, 11) is -4.56. The third-order valence-electron chi connectivity index (χ3n) is 7.16. The van der Waals surface area contributed by atoms with E-state index in [1.165, 1.54) is 20.8 Å². The highest BCUT2D eigenvalue weighted by Gasteiger charge is 2.51. The number of ether oxygens (including phenoxy) is 1. The van der Waals surface area contributed by atoms with Gasteiger partial charge in [0.2, 0.25) is 0 Å². The van der Waals surface area contributed by atoms with Gasteiger partial charge in [0, 0.05) is 17.5 Å². The highest BCUT2D eigenvalue weighted by molar-refractivity contribution is 7.71. The van der Waals surface area contributed by atoms with Crippen LogP contribution in [0.4, 0.5) is 17.6 Å². The van der Waals surface area contributed by atoms with Crippen LogP contribution in [0, 0.1) is 17.4 Å². The van der Waals surface area contributed by atoms with Crippen LogP contribution >= 0.6 is 19.8 Å². The Morgan fingerprint density at radius 3 is 2.34 bits per heavy atom. The van der Waals surface area contributed by atoms with E-state index in [0.717, 1.165) is 13.0 Å². The summed E-state index contributed by atoms with van der Waals surface area (Å²) in [5, 5.41) is 29.7. The van der Waals surface area contributed by atoms with Crippen molar-refractivity contribution in [1.82, 2.24) is 9.97 Å². The van der Waals surface area contributed by atoms with Gasteiger partial charge in [-0.1, -0.05) is 26.1 Å². The molecule has 4 unspecified atom stereocenters. The third kappa shape index (κ3) is 5.68. The Morgan fingerprint density at radius 2 is 1.82 bits per heavy atom. The molecule has 0 spiro atoms. The first kappa shape index (κ1) is 31.0. The van der Waals surface area contributed by atoms with Crippen LogP contribution in [-0.2, 0) is 20.0 Å². The predicted octanol–water partition coefficient (Wildman–Crippen LogP) is 4.75. The molecule has 0 amide bonds. The number of aromatic amines is 1. The number of fused-ring (bicyclic) bond motifs is 1. The summed E-state index contributed by atoms with van der Waals surface area (Å²) in [5.41, 5.74) is -3.74. The molecule has 3 rings (SSSR count). The molecule has 0 radical (unpaired) electrons. The lowest BCUT2D eigenvalue weighted by atomic mass is 9.92. The lowest BCUT2D eigenvalue weighted by molar-refractivity contribution is -0.141. The lowest BCUT2D eigenvalue weighted by Gasteiger charge is -2.37. The second-order valence-electron chi connectivity index (χ2n) is 9.98. The average Bonchev–Trinajstić information content (AvgIpc) is 3.07. The number of hydrogen-bond acceptors (Lipinski definition) is 8. The Balaban J connectivity index is 1.96. The second kappa shape index (κ2) is 10.5. The summed E-state index contributed by atoms with van der Waals surface area (Å²) < 4.78 is 78.6. The number of aromatic nitrogens is 2. The van der Waals surface area contributed by atoms with Crippen molar-refractivity contribution in [1.29, 1.82) is 0 Å². The number of alkyl halides is 3. The Morgan fingerprint density at radius 1 is 1.21 bits per heavy atom. The summed E-state index contributed by atoms with van der Waals surface area (Å²) >= 11 is 5.19. The molecule has 1 saturated heterocycles. The van der Waals surface area contributed by atoms with Crippen molar-refractivity contribution in [2.45, 2.75) is 95.4 Å². The highest BCUT2D eigenvalue weighted by atomic mass is 32.1. The van der Waals surface area contributed by atoms with Crippen LogP contribution < -0.4 is 0 Å². The molecule has 7 atom stereocenters. The van der Waals surface area contributed by atoms with Crippen LogP contribution in [0.1, 0.15) is 69.9 Å². The molecule has 3 aliphatic heterocycles. The molecule has 0 saturated carbocycles. The SMILES string of the molecule is CCC(C)(C[C@H]1O[C@@H](c2cc3c(F)c(C)c(C(F)(F)F)[nH]c-3nc2=S)[C@@H](O)C1O)OP(=O)(O)C(C)(O)CC. The van der Waals surface area contributed by atoms with E-state index in [-0.39, 0.29) is 35.0 Å². The third-order valence-corrected chi connectivity index (χ3v) is 9.70. The van der Waals surface area contributed by atoms with Crippen molar-refractivity contribution in [3.05, 3.63) is 33.3 Å². The fourth-order valence-electron chi connectivity index (χ4n) is 4.23. The first-order valence-electron chi connectivity index (χ1n) is 11.9. The van der Waals surface area contributed by atoms with Crippen LogP contribution in [0.3, 0.4) is 0 Å². The Hall–Kier alpha value is -1.51. The largest absolute Gasteiger partial charge is 0.431 e. The van der Waals surface area contributed by atoms with Crippen LogP contribution in [0.15, 0.2) is 6.07 Å². The Bertz CT molecular complexity index is 1270. The molecule has 0 aromatic heterocycles. The molecule has 9 nitrogen and oxygen atoms in total. The van der Waals surface area contributed by atoms with Gasteiger partial charge >= 0.3 is 13.8 Å². The molecular weight excluding hydrogens is 555 g/mol. The van der Waals surface area contributed by atoms with Crippen molar-refractivity contribution >= 4 is 19.8 Å². The molecule has 3 heterocycles. The second-order valence-corrected chi connectivity index (χ2v) is 12.6. The summed E-state index contributed by atoms with van der Waals surface area (Å²) in [6.07, 6.45) is -10.6. The maximum atomic E-state index is 15.0. The topological polar surface area (TPSA) is 145 Å². The van der Waals surface area contributed by atoms with Crippen molar-refractivity contribution in [2.24, 2.45) is 0 Å². The monoisotopic (exact) mass is 586 g/mol. The molecule has 3 aliphatic rings. The van der Waals surface area contributed by atoms with E-state index in [1.54, 1.807) is 6.92 Å². The molecular formula is C23H31F4N2O7PS. The van der Waals surface area contributed by atoms with Gasteiger partial charge in [-0.05, 0) is 39.7 Å². The highest BCUT2D eigenvalue weighted by Crippen LogP contribution is 2.59. The van der Waals surface area contributed by atoms with E-state index in [4.69, 9.17) is 21.5 Å². The molecule has 0 aliphatic carbocycles. The summed E-state index contributed by atoms with van der Waals surface area (Å²) in [4.78, 5) is 16.3. The van der Waals surface area contributed by atoms with E-state index < -0.39 is 72.0 Å². The molecule has 1 fully saturated rings. The fourth-order valence-corrected chi connectivity index (χ4v) is 5.89. The number of aliphatic hydroxyl groups is 3. The van der Waals surface area contributed by atoms with Crippen molar-refractivity contribution in [3.8, 4) is 11.4 Å². The van der Waals surface area contributed by atoms with Gasteiger partial charge in [-0.15, -0.1) is 0 Å². The molecule has 38 heavy (non-hydrogen) atoms. The standard InChI is InChI=1S/C23H31F4N2O7PS/c1-6-21(4,36-37(33,34)22(5,32)7-2)9-13-15(30)16(31)17(35-13)12-8-11-14(24)10(3)18(23(25,26)27)28-19(11)29-20(12)38/h8,13,15-17,30-32H,6-7,9H2,1-5H3,(H,33,34)(H,28,29,38)/t13-,15?,16+,17+,21?,22?/m1/s1. The normalized spacial score (nSPS) is 27.2. The number of hydrogen-bond donors (Lipinski definition) is 5. The van der Waals surface area contributed by atoms with E-state index in [9.17, 15) is 42.3 Å². The van der Waals surface area contributed by atoms with Crippen LogP contribution in [0.5, 0.6) is 0 Å². The van der Waals surface area contributed by atoms with Gasteiger partial charge in [0.05, 0.1) is 17.3 Å². The minimum atomic E-state index is -4.86. The quantitative estimate of drug-likeness (QED) is 0.168. The maximum Gasteiger partial charge on any atom is 0.431 e. The van der Waals surface area contributed by atoms with Crippen LogP contribution in [0.2, 0.25) is 0 Å². The lowest BCUT2D eigenvalue weighted by Crippen LogP contribution is -2.40. The number of rotatable bonds is 8. The minimum absolute atomic E-state index is 0.0334. The van der Waals surface area contributed by atoms with Crippen molar-refractivity contribution < 1.29 is 51.6 Å².